The second-order valence-electron chi connectivity index (χ2n) is 4.39. The maximum atomic E-state index is 13.5. The van der Waals surface area contributed by atoms with Crippen LogP contribution in [0.2, 0.25) is 0 Å². The summed E-state index contributed by atoms with van der Waals surface area (Å²) in [5, 5.41) is 8.92. The summed E-state index contributed by atoms with van der Waals surface area (Å²) in [7, 11) is -3.82. The first-order chi connectivity index (χ1) is 8.96. The molecule has 0 bridgehead atoms. The highest BCUT2D eigenvalue weighted by atomic mass is 32.2. The van der Waals surface area contributed by atoms with Crippen LogP contribution in [0.3, 0.4) is 0 Å². The summed E-state index contributed by atoms with van der Waals surface area (Å²) in [4.78, 5) is -0.261. The molecule has 0 N–H and O–H groups in total. The molecule has 0 radical (unpaired) electrons. The molecule has 0 aliphatic carbocycles. The molecule has 1 aliphatic rings. The smallest absolute Gasteiger partial charge is 0.207 e. The zero-order valence-corrected chi connectivity index (χ0v) is 11.2. The third kappa shape index (κ3) is 2.53. The monoisotopic (exact) mass is 280 g/mol. The average Bonchev–Trinajstić information content (AvgIpc) is 2.39. The van der Waals surface area contributed by atoms with Crippen molar-refractivity contribution in [3.63, 3.8) is 0 Å². The molecule has 0 atom stereocenters. The van der Waals surface area contributed by atoms with Gasteiger partial charge < -0.3 is 0 Å². The van der Waals surface area contributed by atoms with Gasteiger partial charge >= 0.3 is 0 Å². The molecular formula is C13H13FN2O2S. The van der Waals surface area contributed by atoms with Gasteiger partial charge in [-0.1, -0.05) is 17.7 Å². The molecular weight excluding hydrogens is 267 g/mol. The molecule has 0 unspecified atom stereocenters. The zero-order chi connectivity index (χ0) is 14.0. The molecule has 19 heavy (non-hydrogen) atoms. The molecule has 1 heterocycles. The van der Waals surface area contributed by atoms with E-state index in [4.69, 9.17) is 5.26 Å². The Hall–Kier alpha value is -1.71. The van der Waals surface area contributed by atoms with Crippen molar-refractivity contribution < 1.29 is 12.8 Å². The van der Waals surface area contributed by atoms with Gasteiger partial charge in [0, 0.05) is 13.1 Å². The normalized spacial score (nSPS) is 16.8. The third-order valence-electron chi connectivity index (χ3n) is 3.10. The quantitative estimate of drug-likeness (QED) is 0.779. The molecule has 2 rings (SSSR count). The van der Waals surface area contributed by atoms with Crippen LogP contribution in [-0.2, 0) is 10.0 Å². The number of nitriles is 1. The van der Waals surface area contributed by atoms with Gasteiger partial charge in [-0.15, -0.1) is 0 Å². The molecule has 1 aliphatic heterocycles. The maximum Gasteiger partial charge on any atom is 0.244 e. The summed E-state index contributed by atoms with van der Waals surface area (Å²) in [6, 6.07) is 5.27. The van der Waals surface area contributed by atoms with Crippen LogP contribution in [0.15, 0.2) is 34.7 Å². The summed E-state index contributed by atoms with van der Waals surface area (Å²) in [5.41, 5.74) is 0.708. The molecule has 0 aromatic heterocycles. The molecule has 6 heteroatoms. The van der Waals surface area contributed by atoms with Crippen molar-refractivity contribution in [2.75, 3.05) is 13.1 Å². The number of halogens is 1. The Morgan fingerprint density at radius 2 is 2.16 bits per heavy atom. The highest BCUT2D eigenvalue weighted by Gasteiger charge is 2.28. The maximum absolute atomic E-state index is 13.5. The van der Waals surface area contributed by atoms with Gasteiger partial charge in [-0.05, 0) is 25.5 Å². The van der Waals surface area contributed by atoms with Gasteiger partial charge in [0.2, 0.25) is 10.0 Å². The van der Waals surface area contributed by atoms with E-state index in [9.17, 15) is 12.8 Å². The molecule has 0 saturated heterocycles. The second kappa shape index (κ2) is 5.11. The first-order valence-electron chi connectivity index (χ1n) is 5.81. The predicted molar refractivity (Wildman–Crippen MR) is 68.2 cm³/mol. The number of rotatable bonds is 2. The van der Waals surface area contributed by atoms with Crippen LogP contribution in [0.1, 0.15) is 18.9 Å². The minimum absolute atomic E-state index is 0.259. The fourth-order valence-electron chi connectivity index (χ4n) is 1.94. The molecule has 100 valence electrons. The van der Waals surface area contributed by atoms with Crippen molar-refractivity contribution in [2.45, 2.75) is 18.2 Å². The van der Waals surface area contributed by atoms with E-state index in [1.165, 1.54) is 16.4 Å². The van der Waals surface area contributed by atoms with E-state index in [0.717, 1.165) is 11.6 Å². The van der Waals surface area contributed by atoms with Crippen LogP contribution in [0, 0.1) is 17.1 Å². The number of sulfonamides is 1. The largest absolute Gasteiger partial charge is 0.244 e. The Bertz CT molecular complexity index is 674. The number of hydrogen-bond acceptors (Lipinski definition) is 3. The van der Waals surface area contributed by atoms with Crippen molar-refractivity contribution in [1.29, 1.82) is 5.26 Å². The average molecular weight is 280 g/mol. The molecule has 0 amide bonds. The van der Waals surface area contributed by atoms with Crippen LogP contribution in [0.25, 0.3) is 0 Å². The highest BCUT2D eigenvalue weighted by Crippen LogP contribution is 2.24. The van der Waals surface area contributed by atoms with Crippen LogP contribution in [0.5, 0.6) is 0 Å². The summed E-state index contributed by atoms with van der Waals surface area (Å²) in [6.45, 7) is 2.55. The predicted octanol–water partition coefficient (Wildman–Crippen LogP) is 2.04. The first kappa shape index (κ1) is 13.7. The van der Waals surface area contributed by atoms with Gasteiger partial charge in [-0.3, -0.25) is 0 Å². The Labute approximate surface area is 111 Å². The lowest BCUT2D eigenvalue weighted by molar-refractivity contribution is 0.430. The van der Waals surface area contributed by atoms with E-state index >= 15 is 0 Å². The second-order valence-corrected chi connectivity index (χ2v) is 6.29. The standard InChI is InChI=1S/C13H13FN2O2S/c1-10-5-7-16(8-6-10)19(17,18)13-4-2-3-12(14)11(13)9-15/h2-5H,6-8H2,1H3. The van der Waals surface area contributed by atoms with Gasteiger partial charge in [-0.2, -0.15) is 9.57 Å². The Morgan fingerprint density at radius 3 is 2.74 bits per heavy atom. The SMILES string of the molecule is CC1=CCN(S(=O)(=O)c2cccc(F)c2C#N)CC1. The summed E-state index contributed by atoms with van der Waals surface area (Å²) in [5.74, 6) is -0.813. The highest BCUT2D eigenvalue weighted by molar-refractivity contribution is 7.89. The Kier molecular flexibility index (Phi) is 3.69. The lowest BCUT2D eigenvalue weighted by Crippen LogP contribution is -2.35. The van der Waals surface area contributed by atoms with Crippen molar-refractivity contribution in [3.8, 4) is 6.07 Å². The van der Waals surface area contributed by atoms with E-state index in [2.05, 4.69) is 0 Å². The minimum Gasteiger partial charge on any atom is -0.207 e. The fraction of sp³-hybridized carbons (Fsp3) is 0.308. The van der Waals surface area contributed by atoms with Gasteiger partial charge in [0.15, 0.2) is 0 Å². The van der Waals surface area contributed by atoms with Crippen LogP contribution >= 0.6 is 0 Å². The van der Waals surface area contributed by atoms with E-state index in [0.29, 0.717) is 13.0 Å². The molecule has 1 aromatic carbocycles. The van der Waals surface area contributed by atoms with E-state index in [1.807, 2.05) is 13.0 Å². The molecule has 0 fully saturated rings. The lowest BCUT2D eigenvalue weighted by Gasteiger charge is -2.25. The number of hydrogen-bond donors (Lipinski definition) is 0. The van der Waals surface area contributed by atoms with E-state index in [-0.39, 0.29) is 11.4 Å². The Morgan fingerprint density at radius 1 is 1.42 bits per heavy atom. The van der Waals surface area contributed by atoms with E-state index < -0.39 is 21.4 Å². The van der Waals surface area contributed by atoms with Crippen molar-refractivity contribution in [1.82, 2.24) is 4.31 Å². The van der Waals surface area contributed by atoms with Gasteiger partial charge in [0.25, 0.3) is 0 Å². The minimum atomic E-state index is -3.82. The zero-order valence-electron chi connectivity index (χ0n) is 10.4. The van der Waals surface area contributed by atoms with Crippen LogP contribution in [0.4, 0.5) is 4.39 Å². The van der Waals surface area contributed by atoms with Gasteiger partial charge in [-0.25, -0.2) is 12.8 Å². The summed E-state index contributed by atoms with van der Waals surface area (Å²) >= 11 is 0. The molecule has 4 nitrogen and oxygen atoms in total. The molecule has 0 spiro atoms. The van der Waals surface area contributed by atoms with Crippen molar-refractivity contribution in [2.24, 2.45) is 0 Å². The number of nitrogens with zero attached hydrogens (tertiary/aromatic N) is 2. The van der Waals surface area contributed by atoms with Crippen LogP contribution < -0.4 is 0 Å². The first-order valence-corrected chi connectivity index (χ1v) is 7.25. The van der Waals surface area contributed by atoms with E-state index in [1.54, 1.807) is 6.07 Å². The summed E-state index contributed by atoms with van der Waals surface area (Å²) in [6.07, 6.45) is 2.48. The summed E-state index contributed by atoms with van der Waals surface area (Å²) < 4.78 is 39.6. The van der Waals surface area contributed by atoms with Gasteiger partial charge in [0.1, 0.15) is 22.3 Å². The number of benzene rings is 1. The third-order valence-corrected chi connectivity index (χ3v) is 5.01. The van der Waals surface area contributed by atoms with Crippen molar-refractivity contribution >= 4 is 10.0 Å². The van der Waals surface area contributed by atoms with Crippen LogP contribution in [-0.4, -0.2) is 25.8 Å². The molecule has 0 saturated carbocycles. The Balaban J connectivity index is 2.47. The van der Waals surface area contributed by atoms with Gasteiger partial charge in [0.05, 0.1) is 0 Å². The fourth-order valence-corrected chi connectivity index (χ4v) is 3.47. The lowest BCUT2D eigenvalue weighted by atomic mass is 10.1. The van der Waals surface area contributed by atoms with Crippen molar-refractivity contribution in [3.05, 3.63) is 41.2 Å². The topological polar surface area (TPSA) is 61.2 Å². The molecule has 1 aromatic rings.